The van der Waals surface area contributed by atoms with Gasteiger partial charge in [-0.2, -0.15) is 0 Å². The molecule has 3 radical (unpaired) electrons. The van der Waals surface area contributed by atoms with Gasteiger partial charge in [-0.05, 0) is 0 Å². The van der Waals surface area contributed by atoms with Crippen LogP contribution in [-0.2, 0) is 25.7 Å². The van der Waals surface area contributed by atoms with Crippen molar-refractivity contribution in [3.8, 4) is 0 Å². The summed E-state index contributed by atoms with van der Waals surface area (Å²) in [5.41, 5.74) is 0. The average molecular weight is 432 g/mol. The molecule has 0 fully saturated rings. The summed E-state index contributed by atoms with van der Waals surface area (Å²) in [6.07, 6.45) is 0. The van der Waals surface area contributed by atoms with Gasteiger partial charge in [0.1, 0.15) is 0 Å². The van der Waals surface area contributed by atoms with Crippen molar-refractivity contribution in [1.82, 2.24) is 0 Å². The summed E-state index contributed by atoms with van der Waals surface area (Å²) in [6, 6.07) is 0. The Kier molecular flexibility index (Phi) is 94.4. The molecule has 0 saturated heterocycles. The molecule has 0 saturated carbocycles. The van der Waals surface area contributed by atoms with Crippen LogP contribution in [0.15, 0.2) is 0 Å². The third-order valence-corrected chi connectivity index (χ3v) is 0. The van der Waals surface area contributed by atoms with E-state index in [0.717, 1.165) is 0 Å². The summed E-state index contributed by atoms with van der Waals surface area (Å²) in [5.74, 6) is 0. The predicted molar refractivity (Wildman–Crippen MR) is 7.13 cm³/mol. The molecule has 41 valence electrons. The third kappa shape index (κ3) is 20.4. The van der Waals surface area contributed by atoms with Crippen molar-refractivity contribution in [2.24, 2.45) is 0 Å². The first-order chi connectivity index (χ1) is 2.00. The van der Waals surface area contributed by atoms with Gasteiger partial charge in [0.05, 0.1) is 0 Å². The van der Waals surface area contributed by atoms with E-state index in [1.807, 2.05) is 0 Å². The fourth-order valence-electron chi connectivity index (χ4n) is 0. The van der Waals surface area contributed by atoms with E-state index in [0.29, 0.717) is 22.5 Å². The molecule has 5 heavy (non-hydrogen) atoms. The molecule has 2 nitrogen and oxygen atoms in total. The normalized spacial score (nSPS) is 2.00. The van der Waals surface area contributed by atoms with Gasteiger partial charge >= 0.3 is 70.7 Å². The summed E-state index contributed by atoms with van der Waals surface area (Å²) in [4.78, 5) is 0. The van der Waals surface area contributed by atoms with Crippen LogP contribution in [0.2, 0.25) is 0 Å². The van der Waals surface area contributed by atoms with E-state index < -0.39 is 0 Å². The van der Waals surface area contributed by atoms with Gasteiger partial charge in [0, 0.05) is 22.4 Å². The molecule has 0 aliphatic heterocycles. The molecule has 0 amide bonds. The SMILES string of the molecule is [Ag].[O]=[Sn].[O]=[Yb]. The second-order valence-electron chi connectivity index (χ2n) is 0. The molecule has 0 heterocycles. The van der Waals surface area contributed by atoms with E-state index in [4.69, 9.17) is 3.37 Å². The predicted octanol–water partition coefficient (Wildman–Crippen LogP) is -0.621. The van der Waals surface area contributed by atoms with E-state index in [2.05, 4.69) is 0 Å². The average Bonchev–Trinajstić information content (AvgIpc) is 1.50. The zero-order valence-corrected chi connectivity index (χ0v) is 7.94. The van der Waals surface area contributed by atoms with Gasteiger partial charge in [-0.1, -0.05) is 0 Å². The van der Waals surface area contributed by atoms with Gasteiger partial charge in [-0.15, -0.1) is 0 Å². The summed E-state index contributed by atoms with van der Waals surface area (Å²) in [5, 5.41) is 0. The van der Waals surface area contributed by atoms with Crippen LogP contribution in [0, 0.1) is 44.8 Å². The number of hydrogen-bond acceptors (Lipinski definition) is 2. The van der Waals surface area contributed by atoms with Gasteiger partial charge in [-0.3, -0.25) is 0 Å². The van der Waals surface area contributed by atoms with Crippen LogP contribution in [-0.4, -0.2) is 22.5 Å². The van der Waals surface area contributed by atoms with Gasteiger partial charge < -0.3 is 0 Å². The molecule has 0 spiro atoms. The third-order valence-electron chi connectivity index (χ3n) is 0. The van der Waals surface area contributed by atoms with Crippen LogP contribution < -0.4 is 0 Å². The molecule has 0 aromatic heterocycles. The Labute approximate surface area is 90.7 Å². The second-order valence-corrected chi connectivity index (χ2v) is 0. The Balaban J connectivity index is -0.0000000133. The van der Waals surface area contributed by atoms with E-state index in [1.165, 1.54) is 44.8 Å². The van der Waals surface area contributed by atoms with Gasteiger partial charge in [0.2, 0.25) is 0 Å². The van der Waals surface area contributed by atoms with Crippen molar-refractivity contribution in [2.45, 2.75) is 0 Å². The Hall–Kier alpha value is 2.66. The van der Waals surface area contributed by atoms with E-state index in [-0.39, 0.29) is 22.4 Å². The minimum absolute atomic E-state index is 0. The summed E-state index contributed by atoms with van der Waals surface area (Å²) in [6.45, 7) is 0. The first-order valence-electron chi connectivity index (χ1n) is 0.313. The Morgan fingerprint density at radius 3 is 1.20 bits per heavy atom. The van der Waals surface area contributed by atoms with Crippen molar-refractivity contribution in [1.29, 1.82) is 0 Å². The van der Waals surface area contributed by atoms with Crippen molar-refractivity contribution in [3.05, 3.63) is 0 Å². The Morgan fingerprint density at radius 1 is 1.20 bits per heavy atom. The van der Waals surface area contributed by atoms with E-state index >= 15 is 0 Å². The molecule has 0 aliphatic carbocycles. The number of hydrogen-bond donors (Lipinski definition) is 0. The molecule has 0 aromatic carbocycles. The monoisotopic (exact) mass is 433 g/mol. The van der Waals surface area contributed by atoms with Crippen LogP contribution in [0.4, 0.5) is 0 Å². The first kappa shape index (κ1) is 15.6. The van der Waals surface area contributed by atoms with Crippen LogP contribution in [0.25, 0.3) is 0 Å². The summed E-state index contributed by atoms with van der Waals surface area (Å²) < 4.78 is 16.5. The van der Waals surface area contributed by atoms with Gasteiger partial charge in [0.15, 0.2) is 0 Å². The standard InChI is InChI=1S/Ag.2O.Sn.Yb. The van der Waals surface area contributed by atoms with Crippen LogP contribution in [0.3, 0.4) is 0 Å². The summed E-state index contributed by atoms with van der Waals surface area (Å²) >= 11 is 1.74. The Bertz CT molecular complexity index is 11.6. The van der Waals surface area contributed by atoms with Crippen molar-refractivity contribution in [2.75, 3.05) is 0 Å². The molecule has 0 N–H and O–H groups in total. The van der Waals surface area contributed by atoms with Gasteiger partial charge in [0.25, 0.3) is 0 Å². The van der Waals surface area contributed by atoms with Crippen molar-refractivity contribution >= 4 is 22.5 Å². The fourth-order valence-corrected chi connectivity index (χ4v) is 0. The van der Waals surface area contributed by atoms with Crippen LogP contribution in [0.1, 0.15) is 0 Å². The fraction of sp³-hybridized carbons (Fsp3) is 0. The molecule has 5 heteroatoms. The van der Waals surface area contributed by atoms with Crippen molar-refractivity contribution < 1.29 is 70.6 Å². The quantitative estimate of drug-likeness (QED) is 0.479. The Morgan fingerprint density at radius 2 is 1.20 bits per heavy atom. The minimum atomic E-state index is 0. The first-order valence-corrected chi connectivity index (χ1v) is 2.18. The summed E-state index contributed by atoms with van der Waals surface area (Å²) in [7, 11) is 0. The second kappa shape index (κ2) is 30.2. The van der Waals surface area contributed by atoms with E-state index in [9.17, 15) is 0 Å². The maximum atomic E-state index is 8.34. The van der Waals surface area contributed by atoms with Crippen LogP contribution >= 0.6 is 0 Å². The molecule has 0 rings (SSSR count). The maximum absolute atomic E-state index is 8.34. The molecular formula is AgO2SnYb. The topological polar surface area (TPSA) is 34.1 Å². The molecule has 0 bridgehead atoms. The molecule has 0 aliphatic rings. The van der Waals surface area contributed by atoms with Crippen LogP contribution in [0.5, 0.6) is 0 Å². The zero-order valence-electron chi connectivity index (χ0n) is 1.89. The molecule has 0 aromatic rings. The van der Waals surface area contributed by atoms with Gasteiger partial charge in [-0.25, -0.2) is 0 Å². The van der Waals surface area contributed by atoms with E-state index in [1.54, 1.807) is 0 Å². The molecular weight excluding hydrogens is 432 g/mol. The number of rotatable bonds is 0. The molecule has 0 unspecified atom stereocenters. The van der Waals surface area contributed by atoms with Crippen molar-refractivity contribution in [3.63, 3.8) is 0 Å². The molecule has 0 atom stereocenters. The zero-order chi connectivity index (χ0) is 4.00.